The highest BCUT2D eigenvalue weighted by molar-refractivity contribution is 6.02. The van der Waals surface area contributed by atoms with Crippen LogP contribution in [0.1, 0.15) is 29.0 Å². The van der Waals surface area contributed by atoms with Crippen molar-refractivity contribution in [1.82, 2.24) is 4.98 Å². The molecule has 0 aliphatic heterocycles. The second-order valence-corrected chi connectivity index (χ2v) is 6.77. The summed E-state index contributed by atoms with van der Waals surface area (Å²) in [6, 6.07) is 18.4. The first-order valence-electron chi connectivity index (χ1n) is 9.49. The number of H-pyrrole nitrogens is 1. The van der Waals surface area contributed by atoms with Crippen LogP contribution in [0.5, 0.6) is 0 Å². The number of rotatable bonds is 7. The number of hydrogen-bond acceptors (Lipinski definition) is 3. The number of hydrogen-bond donors (Lipinski definition) is 3. The van der Waals surface area contributed by atoms with Crippen LogP contribution in [0.4, 0.5) is 11.4 Å². The Morgan fingerprint density at radius 3 is 2.41 bits per heavy atom. The minimum atomic E-state index is -0.316. The molecule has 0 aliphatic carbocycles. The molecule has 6 heteroatoms. The summed E-state index contributed by atoms with van der Waals surface area (Å²) in [5.74, 6) is -0.0983. The van der Waals surface area contributed by atoms with Gasteiger partial charge in [-0.2, -0.15) is 0 Å². The van der Waals surface area contributed by atoms with Gasteiger partial charge >= 0.3 is 0 Å². The number of amides is 2. The molecule has 6 nitrogen and oxygen atoms in total. The summed E-state index contributed by atoms with van der Waals surface area (Å²) in [4.78, 5) is 27.4. The van der Waals surface area contributed by atoms with Gasteiger partial charge in [0.25, 0.3) is 5.91 Å². The van der Waals surface area contributed by atoms with Crippen LogP contribution in [0.3, 0.4) is 0 Å². The quantitative estimate of drug-likeness (QED) is 0.418. The number of furan rings is 1. The largest absolute Gasteiger partial charge is 0.459 e. The zero-order chi connectivity index (χ0) is 20.1. The maximum Gasteiger partial charge on any atom is 0.291 e. The molecule has 0 spiro atoms. The lowest BCUT2D eigenvalue weighted by Crippen LogP contribution is -2.12. The van der Waals surface area contributed by atoms with Gasteiger partial charge in [-0.1, -0.05) is 18.2 Å². The standard InChI is InChI=1S/C23H21N3O3/c27-22(9-3-5-16-15-24-20-7-2-1-6-19(16)20)25-17-10-12-18(13-11-17)26-23(28)21-8-4-14-29-21/h1-2,4,6-8,10-15,24H,3,5,9H2,(H,25,27)(H,26,28). The SMILES string of the molecule is O=C(CCCc1c[nH]c2ccccc12)Nc1ccc(NC(=O)c2ccco2)cc1. The Labute approximate surface area is 167 Å². The Morgan fingerprint density at radius 2 is 1.66 bits per heavy atom. The highest BCUT2D eigenvalue weighted by atomic mass is 16.3. The monoisotopic (exact) mass is 387 g/mol. The van der Waals surface area contributed by atoms with Crippen molar-refractivity contribution in [3.63, 3.8) is 0 Å². The summed E-state index contributed by atoms with van der Waals surface area (Å²) in [6.45, 7) is 0. The molecule has 29 heavy (non-hydrogen) atoms. The minimum absolute atomic E-state index is 0.0304. The number of aryl methyl sites for hydroxylation is 1. The number of aromatic nitrogens is 1. The van der Waals surface area contributed by atoms with Crippen molar-refractivity contribution in [1.29, 1.82) is 0 Å². The minimum Gasteiger partial charge on any atom is -0.459 e. The lowest BCUT2D eigenvalue weighted by atomic mass is 10.1. The zero-order valence-electron chi connectivity index (χ0n) is 15.8. The van der Waals surface area contributed by atoms with Crippen molar-refractivity contribution in [3.8, 4) is 0 Å². The van der Waals surface area contributed by atoms with Crippen molar-refractivity contribution >= 4 is 34.1 Å². The average molecular weight is 387 g/mol. The molecule has 4 aromatic rings. The predicted molar refractivity (Wildman–Crippen MR) is 113 cm³/mol. The molecule has 0 bridgehead atoms. The van der Waals surface area contributed by atoms with Crippen molar-refractivity contribution in [3.05, 3.63) is 84.4 Å². The van der Waals surface area contributed by atoms with E-state index in [0.29, 0.717) is 17.8 Å². The first-order chi connectivity index (χ1) is 14.2. The van der Waals surface area contributed by atoms with Crippen LogP contribution in [0.2, 0.25) is 0 Å². The zero-order valence-corrected chi connectivity index (χ0v) is 15.8. The van der Waals surface area contributed by atoms with Gasteiger partial charge in [-0.15, -0.1) is 0 Å². The van der Waals surface area contributed by atoms with Gasteiger partial charge < -0.3 is 20.0 Å². The number of carbonyl (C=O) groups is 2. The molecule has 0 saturated carbocycles. The van der Waals surface area contributed by atoms with Crippen molar-refractivity contribution in [2.24, 2.45) is 0 Å². The topological polar surface area (TPSA) is 87.1 Å². The van der Waals surface area contributed by atoms with Crippen LogP contribution in [0.15, 0.2) is 77.5 Å². The first-order valence-corrected chi connectivity index (χ1v) is 9.49. The molecule has 0 fully saturated rings. The second kappa shape index (κ2) is 8.48. The third kappa shape index (κ3) is 4.55. The Bertz CT molecular complexity index is 1110. The molecule has 2 heterocycles. The fourth-order valence-corrected chi connectivity index (χ4v) is 3.24. The molecular formula is C23H21N3O3. The molecule has 2 aromatic heterocycles. The Balaban J connectivity index is 1.25. The molecule has 2 aromatic carbocycles. The molecule has 0 radical (unpaired) electrons. The fourth-order valence-electron chi connectivity index (χ4n) is 3.24. The van der Waals surface area contributed by atoms with Crippen LogP contribution in [0.25, 0.3) is 10.9 Å². The highest BCUT2D eigenvalue weighted by Gasteiger charge is 2.09. The number of fused-ring (bicyclic) bond motifs is 1. The van der Waals surface area contributed by atoms with Gasteiger partial charge in [-0.3, -0.25) is 9.59 Å². The van der Waals surface area contributed by atoms with Crippen molar-refractivity contribution in [2.45, 2.75) is 19.3 Å². The molecule has 0 atom stereocenters. The maximum absolute atomic E-state index is 12.2. The van der Waals surface area contributed by atoms with E-state index in [-0.39, 0.29) is 17.6 Å². The lowest BCUT2D eigenvalue weighted by molar-refractivity contribution is -0.116. The first kappa shape index (κ1) is 18.6. The third-order valence-corrected chi connectivity index (χ3v) is 4.70. The lowest BCUT2D eigenvalue weighted by Gasteiger charge is -2.07. The van der Waals surface area contributed by atoms with E-state index in [0.717, 1.165) is 18.4 Å². The molecule has 4 rings (SSSR count). The van der Waals surface area contributed by atoms with Crippen LogP contribution in [-0.2, 0) is 11.2 Å². The van der Waals surface area contributed by atoms with Crippen LogP contribution >= 0.6 is 0 Å². The van der Waals surface area contributed by atoms with Gasteiger partial charge in [0.05, 0.1) is 6.26 Å². The molecule has 3 N–H and O–H groups in total. The number of aromatic amines is 1. The molecule has 146 valence electrons. The molecule has 2 amide bonds. The van der Waals surface area contributed by atoms with E-state index in [1.165, 1.54) is 17.2 Å². The van der Waals surface area contributed by atoms with E-state index in [4.69, 9.17) is 4.42 Å². The second-order valence-electron chi connectivity index (χ2n) is 6.77. The van der Waals surface area contributed by atoms with Crippen LogP contribution < -0.4 is 10.6 Å². The van der Waals surface area contributed by atoms with E-state index < -0.39 is 0 Å². The summed E-state index contributed by atoms with van der Waals surface area (Å²) < 4.78 is 5.06. The van der Waals surface area contributed by atoms with Gasteiger partial charge in [-0.05, 0) is 60.9 Å². The highest BCUT2D eigenvalue weighted by Crippen LogP contribution is 2.20. The fraction of sp³-hybridized carbons (Fsp3) is 0.130. The summed E-state index contributed by atoms with van der Waals surface area (Å²) >= 11 is 0. The number of carbonyl (C=O) groups excluding carboxylic acids is 2. The smallest absolute Gasteiger partial charge is 0.291 e. The third-order valence-electron chi connectivity index (χ3n) is 4.70. The van der Waals surface area contributed by atoms with E-state index in [9.17, 15) is 9.59 Å². The Hall–Kier alpha value is -3.80. The Kier molecular flexibility index (Phi) is 5.42. The molecule has 0 aliphatic rings. The number of benzene rings is 2. The maximum atomic E-state index is 12.2. The van der Waals surface area contributed by atoms with E-state index >= 15 is 0 Å². The molecular weight excluding hydrogens is 366 g/mol. The summed E-state index contributed by atoms with van der Waals surface area (Å²) in [6.07, 6.45) is 5.51. The molecule has 0 unspecified atom stereocenters. The summed E-state index contributed by atoms with van der Waals surface area (Å²) in [5.41, 5.74) is 3.66. The summed E-state index contributed by atoms with van der Waals surface area (Å²) in [7, 11) is 0. The van der Waals surface area contributed by atoms with Crippen molar-refractivity contribution in [2.75, 3.05) is 10.6 Å². The normalized spacial score (nSPS) is 10.8. The Morgan fingerprint density at radius 1 is 0.897 bits per heavy atom. The average Bonchev–Trinajstić information content (AvgIpc) is 3.40. The van der Waals surface area contributed by atoms with Gasteiger partial charge in [0, 0.05) is 34.9 Å². The molecule has 0 saturated heterocycles. The summed E-state index contributed by atoms with van der Waals surface area (Å²) in [5, 5.41) is 6.84. The number of para-hydroxylation sites is 1. The number of nitrogens with one attached hydrogen (secondary N) is 3. The predicted octanol–water partition coefficient (Wildman–Crippen LogP) is 4.97. The van der Waals surface area contributed by atoms with Crippen LogP contribution in [0, 0.1) is 0 Å². The van der Waals surface area contributed by atoms with E-state index in [2.05, 4.69) is 21.7 Å². The van der Waals surface area contributed by atoms with Gasteiger partial charge in [-0.25, -0.2) is 0 Å². The number of anilines is 2. The van der Waals surface area contributed by atoms with E-state index in [1.54, 1.807) is 36.4 Å². The van der Waals surface area contributed by atoms with Gasteiger partial charge in [0.15, 0.2) is 5.76 Å². The van der Waals surface area contributed by atoms with E-state index in [1.807, 2.05) is 24.4 Å². The van der Waals surface area contributed by atoms with Crippen molar-refractivity contribution < 1.29 is 14.0 Å². The van der Waals surface area contributed by atoms with Gasteiger partial charge in [0.2, 0.25) is 5.91 Å². The van der Waals surface area contributed by atoms with Gasteiger partial charge in [0.1, 0.15) is 0 Å². The van der Waals surface area contributed by atoms with Crippen LogP contribution in [-0.4, -0.2) is 16.8 Å².